The van der Waals surface area contributed by atoms with Crippen molar-refractivity contribution in [2.24, 2.45) is 4.99 Å². The number of fused-ring (bicyclic) bond motifs is 1. The Morgan fingerprint density at radius 1 is 1.29 bits per heavy atom. The molecule has 1 fully saturated rings. The summed E-state index contributed by atoms with van der Waals surface area (Å²) in [6.45, 7) is 2.15. The van der Waals surface area contributed by atoms with E-state index >= 15 is 0 Å². The minimum Gasteiger partial charge on any atom is -0.480 e. The molecule has 2 N–H and O–H groups in total. The molecule has 1 aliphatic heterocycles. The molecule has 0 radical (unpaired) electrons. The van der Waals surface area contributed by atoms with Gasteiger partial charge in [0.1, 0.15) is 17.3 Å². The zero-order chi connectivity index (χ0) is 14.8. The largest absolute Gasteiger partial charge is 0.480 e. The van der Waals surface area contributed by atoms with Crippen molar-refractivity contribution in [3.05, 3.63) is 18.2 Å². The van der Waals surface area contributed by atoms with E-state index in [2.05, 4.69) is 18.9 Å². The summed E-state index contributed by atoms with van der Waals surface area (Å²) in [5.41, 5.74) is 7.46. The van der Waals surface area contributed by atoms with E-state index in [4.69, 9.17) is 15.5 Å². The van der Waals surface area contributed by atoms with E-state index in [-0.39, 0.29) is 6.10 Å². The maximum absolute atomic E-state index is 6.13. The predicted molar refractivity (Wildman–Crippen MR) is 87.3 cm³/mol. The Kier molecular flexibility index (Phi) is 4.04. The first-order valence-corrected chi connectivity index (χ1v) is 8.06. The van der Waals surface area contributed by atoms with Crippen molar-refractivity contribution in [3.63, 3.8) is 0 Å². The molecule has 1 unspecified atom stereocenters. The summed E-state index contributed by atoms with van der Waals surface area (Å²) in [5.74, 6) is 1.88. The Morgan fingerprint density at radius 3 is 2.76 bits per heavy atom. The Hall–Kier alpha value is -1.71. The third kappa shape index (κ3) is 2.85. The number of anilines is 1. The van der Waals surface area contributed by atoms with Gasteiger partial charge in [-0.15, -0.1) is 0 Å². The van der Waals surface area contributed by atoms with Gasteiger partial charge >= 0.3 is 0 Å². The van der Waals surface area contributed by atoms with Crippen LogP contribution in [0, 0.1) is 0 Å². The van der Waals surface area contributed by atoms with Crippen LogP contribution >= 0.6 is 0 Å². The average molecular weight is 287 g/mol. The van der Waals surface area contributed by atoms with Crippen LogP contribution in [0.5, 0.6) is 5.75 Å². The number of likely N-dealkylation sites (N-methyl/N-ethyl adjacent to an activating group) is 1. The number of hydrogen-bond acceptors (Lipinski definition) is 4. The number of rotatable bonds is 2. The van der Waals surface area contributed by atoms with E-state index in [1.807, 2.05) is 18.2 Å². The number of aliphatic imine (C=N–C) groups is 1. The lowest BCUT2D eigenvalue weighted by molar-refractivity contribution is 0.210. The first-order chi connectivity index (χ1) is 10.2. The van der Waals surface area contributed by atoms with E-state index in [9.17, 15) is 0 Å². The molecular weight excluding hydrogens is 262 g/mol. The molecule has 4 heteroatoms. The monoisotopic (exact) mass is 287 g/mol. The van der Waals surface area contributed by atoms with E-state index in [1.165, 1.54) is 32.1 Å². The third-order valence-corrected chi connectivity index (χ3v) is 4.63. The van der Waals surface area contributed by atoms with Crippen LogP contribution in [0.2, 0.25) is 0 Å². The molecule has 0 amide bonds. The Labute approximate surface area is 127 Å². The summed E-state index contributed by atoms with van der Waals surface area (Å²) in [6.07, 6.45) is 7.50. The quantitative estimate of drug-likeness (QED) is 0.843. The van der Waals surface area contributed by atoms with E-state index in [0.29, 0.717) is 6.04 Å². The van der Waals surface area contributed by atoms with Crippen molar-refractivity contribution in [2.75, 3.05) is 12.8 Å². The van der Waals surface area contributed by atoms with Crippen LogP contribution in [-0.2, 0) is 0 Å². The van der Waals surface area contributed by atoms with Gasteiger partial charge in [-0.3, -0.25) is 0 Å². The highest BCUT2D eigenvalue weighted by atomic mass is 16.5. The second-order valence-electron chi connectivity index (χ2n) is 6.11. The van der Waals surface area contributed by atoms with Crippen LogP contribution < -0.4 is 10.5 Å². The van der Waals surface area contributed by atoms with Crippen molar-refractivity contribution in [1.82, 2.24) is 4.90 Å². The molecule has 0 spiro atoms. The van der Waals surface area contributed by atoms with Crippen molar-refractivity contribution in [3.8, 4) is 5.75 Å². The van der Waals surface area contributed by atoms with Crippen molar-refractivity contribution in [1.29, 1.82) is 0 Å². The van der Waals surface area contributed by atoms with Crippen LogP contribution in [0.15, 0.2) is 23.2 Å². The summed E-state index contributed by atoms with van der Waals surface area (Å²) in [4.78, 5) is 7.23. The number of amidine groups is 1. The summed E-state index contributed by atoms with van der Waals surface area (Å²) in [5, 5.41) is 0. The summed E-state index contributed by atoms with van der Waals surface area (Å²) in [7, 11) is 2.17. The van der Waals surface area contributed by atoms with Gasteiger partial charge in [-0.25, -0.2) is 4.99 Å². The fraction of sp³-hybridized carbons (Fsp3) is 0.588. The molecule has 0 saturated heterocycles. The molecule has 3 rings (SSSR count). The normalized spacial score (nSPS) is 22.2. The Bertz CT molecular complexity index is 535. The molecule has 114 valence electrons. The molecule has 1 atom stereocenters. The van der Waals surface area contributed by atoms with Crippen molar-refractivity contribution < 1.29 is 4.74 Å². The highest BCUT2D eigenvalue weighted by molar-refractivity contribution is 5.91. The standard InChI is InChI=1S/C17H25N3O/c1-3-15-17(20(2)13-7-5-4-6-8-13)19-14-10-9-12(18)11-16(14)21-15/h9-11,13,15H,3-8,18H2,1-2H3. The lowest BCUT2D eigenvalue weighted by Crippen LogP contribution is -2.46. The first kappa shape index (κ1) is 14.2. The second kappa shape index (κ2) is 5.96. The van der Waals surface area contributed by atoms with Gasteiger partial charge in [0, 0.05) is 24.8 Å². The Morgan fingerprint density at radius 2 is 2.05 bits per heavy atom. The fourth-order valence-electron chi connectivity index (χ4n) is 3.35. The van der Waals surface area contributed by atoms with Gasteiger partial charge in [-0.05, 0) is 31.4 Å². The van der Waals surface area contributed by atoms with E-state index in [1.54, 1.807) is 0 Å². The van der Waals surface area contributed by atoms with Gasteiger partial charge in [-0.1, -0.05) is 26.2 Å². The number of hydrogen-bond donors (Lipinski definition) is 1. The van der Waals surface area contributed by atoms with Gasteiger partial charge in [0.25, 0.3) is 0 Å². The molecule has 1 aromatic carbocycles. The van der Waals surface area contributed by atoms with Gasteiger partial charge < -0.3 is 15.4 Å². The topological polar surface area (TPSA) is 50.9 Å². The summed E-state index contributed by atoms with van der Waals surface area (Å²) >= 11 is 0. The maximum Gasteiger partial charge on any atom is 0.156 e. The number of nitrogens with zero attached hydrogens (tertiary/aromatic N) is 2. The SMILES string of the molecule is CCC1Oc2cc(N)ccc2N=C1N(C)C1CCCCC1. The molecule has 0 bridgehead atoms. The average Bonchev–Trinajstić information content (AvgIpc) is 2.53. The molecule has 1 saturated carbocycles. The first-order valence-electron chi connectivity index (χ1n) is 8.06. The molecule has 21 heavy (non-hydrogen) atoms. The molecule has 2 aliphatic rings. The minimum atomic E-state index is 0.0335. The van der Waals surface area contributed by atoms with E-state index < -0.39 is 0 Å². The molecule has 0 aromatic heterocycles. The van der Waals surface area contributed by atoms with Gasteiger partial charge in [0.05, 0.1) is 0 Å². The summed E-state index contributed by atoms with van der Waals surface area (Å²) in [6, 6.07) is 6.31. The molecule has 1 aromatic rings. The number of nitrogen functional groups attached to an aromatic ring is 1. The Balaban J connectivity index is 1.89. The maximum atomic E-state index is 6.13. The number of ether oxygens (including phenoxy) is 1. The second-order valence-corrected chi connectivity index (χ2v) is 6.11. The predicted octanol–water partition coefficient (Wildman–Crippen LogP) is 3.73. The third-order valence-electron chi connectivity index (χ3n) is 4.63. The van der Waals surface area contributed by atoms with Gasteiger partial charge in [-0.2, -0.15) is 0 Å². The van der Waals surface area contributed by atoms with Crippen molar-refractivity contribution in [2.45, 2.75) is 57.6 Å². The van der Waals surface area contributed by atoms with Gasteiger partial charge in [0.2, 0.25) is 0 Å². The molecule has 1 aliphatic carbocycles. The lowest BCUT2D eigenvalue weighted by Gasteiger charge is -2.38. The van der Waals surface area contributed by atoms with Crippen LogP contribution in [0.25, 0.3) is 0 Å². The lowest BCUT2D eigenvalue weighted by atomic mass is 9.94. The zero-order valence-electron chi connectivity index (χ0n) is 13.0. The van der Waals surface area contributed by atoms with Crippen LogP contribution in [0.4, 0.5) is 11.4 Å². The van der Waals surface area contributed by atoms with Crippen molar-refractivity contribution >= 4 is 17.2 Å². The number of benzene rings is 1. The summed E-state index contributed by atoms with van der Waals surface area (Å²) < 4.78 is 6.13. The van der Waals surface area contributed by atoms with E-state index in [0.717, 1.165) is 29.4 Å². The molecular formula is C17H25N3O. The van der Waals surface area contributed by atoms with Gasteiger partial charge in [0.15, 0.2) is 6.10 Å². The molecule has 1 heterocycles. The highest BCUT2D eigenvalue weighted by Crippen LogP contribution is 2.36. The smallest absolute Gasteiger partial charge is 0.156 e. The highest BCUT2D eigenvalue weighted by Gasteiger charge is 2.30. The minimum absolute atomic E-state index is 0.0335. The van der Waals surface area contributed by atoms with Crippen LogP contribution in [-0.4, -0.2) is 29.9 Å². The zero-order valence-corrected chi connectivity index (χ0v) is 13.0. The molecule has 4 nitrogen and oxygen atoms in total. The van der Waals surface area contributed by atoms with Crippen LogP contribution in [0.1, 0.15) is 45.4 Å². The fourth-order valence-corrected chi connectivity index (χ4v) is 3.35. The number of nitrogens with two attached hydrogens (primary N) is 1. The van der Waals surface area contributed by atoms with Crippen LogP contribution in [0.3, 0.4) is 0 Å².